The third kappa shape index (κ3) is 4.08. The largest absolute Gasteiger partial charge is 0.492 e. The van der Waals surface area contributed by atoms with E-state index in [4.69, 9.17) is 4.74 Å². The number of rotatable bonds is 6. The first-order valence-electron chi connectivity index (χ1n) is 4.63. The van der Waals surface area contributed by atoms with E-state index in [2.05, 4.69) is 11.9 Å². The lowest BCUT2D eigenvalue weighted by Gasteiger charge is -2.06. The van der Waals surface area contributed by atoms with Gasteiger partial charge in [0.1, 0.15) is 12.4 Å². The van der Waals surface area contributed by atoms with E-state index in [0.717, 1.165) is 12.1 Å². The van der Waals surface area contributed by atoms with Gasteiger partial charge in [-0.25, -0.2) is 8.78 Å². The fraction of sp³-hybridized carbons (Fsp3) is 0.273. The summed E-state index contributed by atoms with van der Waals surface area (Å²) in [5.74, 6) is -1.44. The van der Waals surface area contributed by atoms with Crippen molar-refractivity contribution in [3.8, 4) is 5.75 Å². The highest BCUT2D eigenvalue weighted by Gasteiger charge is 2.02. The van der Waals surface area contributed by atoms with Gasteiger partial charge in [-0.2, -0.15) is 0 Å². The SMILES string of the molecule is C=CCNCCOc1ccc(F)c(F)c1. The first-order valence-corrected chi connectivity index (χ1v) is 4.63. The Bertz CT molecular complexity index is 328. The maximum atomic E-state index is 12.7. The maximum absolute atomic E-state index is 12.7. The Morgan fingerprint density at radius 1 is 1.33 bits per heavy atom. The lowest BCUT2D eigenvalue weighted by Crippen LogP contribution is -2.20. The molecule has 0 heterocycles. The summed E-state index contributed by atoms with van der Waals surface area (Å²) >= 11 is 0. The number of hydrogen-bond donors (Lipinski definition) is 1. The van der Waals surface area contributed by atoms with Crippen LogP contribution in [-0.4, -0.2) is 19.7 Å². The molecule has 1 rings (SSSR count). The van der Waals surface area contributed by atoms with Gasteiger partial charge in [0.2, 0.25) is 0 Å². The third-order valence-corrected chi connectivity index (χ3v) is 1.73. The second kappa shape index (κ2) is 6.14. The molecule has 0 saturated heterocycles. The van der Waals surface area contributed by atoms with E-state index in [-0.39, 0.29) is 0 Å². The van der Waals surface area contributed by atoms with Crippen molar-refractivity contribution in [1.29, 1.82) is 0 Å². The van der Waals surface area contributed by atoms with E-state index in [9.17, 15) is 8.78 Å². The molecule has 4 heteroatoms. The third-order valence-electron chi connectivity index (χ3n) is 1.73. The summed E-state index contributed by atoms with van der Waals surface area (Å²) in [7, 11) is 0. The zero-order valence-electron chi connectivity index (χ0n) is 8.30. The molecule has 0 aliphatic rings. The first-order chi connectivity index (χ1) is 7.24. The highest BCUT2D eigenvalue weighted by Crippen LogP contribution is 2.14. The second-order valence-electron chi connectivity index (χ2n) is 2.92. The lowest BCUT2D eigenvalue weighted by atomic mass is 10.3. The maximum Gasteiger partial charge on any atom is 0.162 e. The van der Waals surface area contributed by atoms with Crippen LogP contribution in [-0.2, 0) is 0 Å². The summed E-state index contributed by atoms with van der Waals surface area (Å²) < 4.78 is 30.4. The summed E-state index contributed by atoms with van der Waals surface area (Å²) in [4.78, 5) is 0. The van der Waals surface area contributed by atoms with Crippen molar-refractivity contribution < 1.29 is 13.5 Å². The zero-order valence-corrected chi connectivity index (χ0v) is 8.30. The summed E-state index contributed by atoms with van der Waals surface area (Å²) in [6, 6.07) is 3.47. The number of halogens is 2. The minimum Gasteiger partial charge on any atom is -0.492 e. The van der Waals surface area contributed by atoms with Crippen molar-refractivity contribution in [1.82, 2.24) is 5.32 Å². The topological polar surface area (TPSA) is 21.3 Å². The van der Waals surface area contributed by atoms with Crippen LogP contribution in [0.2, 0.25) is 0 Å². The van der Waals surface area contributed by atoms with Crippen LogP contribution in [0.5, 0.6) is 5.75 Å². The van der Waals surface area contributed by atoms with E-state index in [1.54, 1.807) is 6.08 Å². The highest BCUT2D eigenvalue weighted by molar-refractivity contribution is 5.23. The van der Waals surface area contributed by atoms with E-state index in [1.807, 2.05) is 0 Å². The van der Waals surface area contributed by atoms with E-state index >= 15 is 0 Å². The van der Waals surface area contributed by atoms with E-state index < -0.39 is 11.6 Å². The molecule has 0 radical (unpaired) electrons. The molecule has 0 aliphatic carbocycles. The van der Waals surface area contributed by atoms with Gasteiger partial charge in [-0.05, 0) is 12.1 Å². The van der Waals surface area contributed by atoms with Crippen molar-refractivity contribution in [2.24, 2.45) is 0 Å². The van der Waals surface area contributed by atoms with Crippen LogP contribution in [0.1, 0.15) is 0 Å². The lowest BCUT2D eigenvalue weighted by molar-refractivity contribution is 0.313. The molecular formula is C11H13F2NO. The fourth-order valence-corrected chi connectivity index (χ4v) is 1.01. The summed E-state index contributed by atoms with van der Waals surface area (Å²) in [6.07, 6.45) is 1.73. The Morgan fingerprint density at radius 3 is 2.80 bits per heavy atom. The van der Waals surface area contributed by atoms with Gasteiger partial charge in [0, 0.05) is 19.2 Å². The van der Waals surface area contributed by atoms with Gasteiger partial charge >= 0.3 is 0 Å². The minimum atomic E-state index is -0.897. The quantitative estimate of drug-likeness (QED) is 0.577. The van der Waals surface area contributed by atoms with Crippen LogP contribution >= 0.6 is 0 Å². The molecule has 1 aromatic carbocycles. The molecule has 2 nitrogen and oxygen atoms in total. The monoisotopic (exact) mass is 213 g/mol. The van der Waals surface area contributed by atoms with Crippen molar-refractivity contribution in [3.63, 3.8) is 0 Å². The molecule has 1 aromatic rings. The molecule has 0 unspecified atom stereocenters. The Kier molecular flexibility index (Phi) is 4.77. The van der Waals surface area contributed by atoms with Gasteiger partial charge in [0.25, 0.3) is 0 Å². The highest BCUT2D eigenvalue weighted by atomic mass is 19.2. The molecule has 0 fully saturated rings. The minimum absolute atomic E-state index is 0.328. The van der Waals surface area contributed by atoms with E-state index in [1.165, 1.54) is 6.07 Å². The molecular weight excluding hydrogens is 200 g/mol. The smallest absolute Gasteiger partial charge is 0.162 e. The Hall–Kier alpha value is -1.42. The van der Waals surface area contributed by atoms with Gasteiger partial charge in [-0.3, -0.25) is 0 Å². The van der Waals surface area contributed by atoms with Crippen molar-refractivity contribution in [2.45, 2.75) is 0 Å². The van der Waals surface area contributed by atoms with Gasteiger partial charge in [-0.1, -0.05) is 6.08 Å². The Morgan fingerprint density at radius 2 is 2.13 bits per heavy atom. The van der Waals surface area contributed by atoms with Crippen LogP contribution in [0.4, 0.5) is 8.78 Å². The van der Waals surface area contributed by atoms with Crippen LogP contribution in [0.25, 0.3) is 0 Å². The fourth-order valence-electron chi connectivity index (χ4n) is 1.01. The second-order valence-corrected chi connectivity index (χ2v) is 2.92. The number of hydrogen-bond acceptors (Lipinski definition) is 2. The molecule has 1 N–H and O–H groups in total. The van der Waals surface area contributed by atoms with E-state index in [0.29, 0.717) is 25.4 Å². The summed E-state index contributed by atoms with van der Waals surface area (Å²) in [5.41, 5.74) is 0. The average molecular weight is 213 g/mol. The van der Waals surface area contributed by atoms with Crippen molar-refractivity contribution in [3.05, 3.63) is 42.5 Å². The molecule has 0 atom stereocenters. The van der Waals surface area contributed by atoms with Crippen molar-refractivity contribution >= 4 is 0 Å². The molecule has 0 spiro atoms. The van der Waals surface area contributed by atoms with Crippen LogP contribution in [0.3, 0.4) is 0 Å². The zero-order chi connectivity index (χ0) is 11.1. The number of ether oxygens (including phenoxy) is 1. The molecule has 15 heavy (non-hydrogen) atoms. The number of benzene rings is 1. The van der Waals surface area contributed by atoms with Gasteiger partial charge in [-0.15, -0.1) is 6.58 Å². The van der Waals surface area contributed by atoms with Crippen LogP contribution in [0.15, 0.2) is 30.9 Å². The first kappa shape index (κ1) is 11.7. The Balaban J connectivity index is 2.31. The van der Waals surface area contributed by atoms with Gasteiger partial charge in [0.05, 0.1) is 0 Å². The molecule has 82 valence electrons. The predicted molar refractivity (Wildman–Crippen MR) is 54.9 cm³/mol. The normalized spacial score (nSPS) is 10.0. The summed E-state index contributed by atoms with van der Waals surface area (Å²) in [6.45, 7) is 5.27. The Labute approximate surface area is 87.6 Å². The standard InChI is InChI=1S/C11H13F2NO/c1-2-5-14-6-7-15-9-3-4-10(12)11(13)8-9/h2-4,8,14H,1,5-7H2. The molecule has 0 bridgehead atoms. The van der Waals surface area contributed by atoms with Gasteiger partial charge in [0.15, 0.2) is 11.6 Å². The molecule has 0 aliphatic heterocycles. The van der Waals surface area contributed by atoms with Crippen LogP contribution < -0.4 is 10.1 Å². The molecule has 0 saturated carbocycles. The molecule has 0 amide bonds. The molecule has 0 aromatic heterocycles. The average Bonchev–Trinajstić information content (AvgIpc) is 2.23. The van der Waals surface area contributed by atoms with Crippen molar-refractivity contribution in [2.75, 3.05) is 19.7 Å². The van der Waals surface area contributed by atoms with Crippen LogP contribution in [0, 0.1) is 11.6 Å². The number of nitrogens with one attached hydrogen (secondary N) is 1. The van der Waals surface area contributed by atoms with Gasteiger partial charge < -0.3 is 10.1 Å². The summed E-state index contributed by atoms with van der Waals surface area (Å²) in [5, 5.41) is 3.02. The predicted octanol–water partition coefficient (Wildman–Crippen LogP) is 2.12.